The normalized spacial score (nSPS) is 42.4. The molecule has 0 aromatic rings. The van der Waals surface area contributed by atoms with Crippen LogP contribution in [0.3, 0.4) is 0 Å². The van der Waals surface area contributed by atoms with Crippen molar-refractivity contribution in [2.75, 3.05) is 7.11 Å². The Hall–Kier alpha value is -1.39. The highest BCUT2D eigenvalue weighted by Gasteiger charge is 2.68. The molecule has 0 amide bonds. The van der Waals surface area contributed by atoms with Crippen LogP contribution < -0.4 is 5.11 Å². The fourth-order valence-electron chi connectivity index (χ4n) is 4.74. The molecule has 0 radical (unpaired) electrons. The molecule has 0 spiro atoms. The molecular formula is C17H21O4-. The molecule has 0 aromatic carbocycles. The Balaban J connectivity index is 2.43. The van der Waals surface area contributed by atoms with Gasteiger partial charge in [0.15, 0.2) is 5.78 Å². The van der Waals surface area contributed by atoms with Crippen molar-refractivity contribution >= 4 is 5.78 Å². The first-order chi connectivity index (χ1) is 9.72. The van der Waals surface area contributed by atoms with E-state index in [1.807, 2.05) is 27.7 Å². The van der Waals surface area contributed by atoms with Crippen LogP contribution in [0.5, 0.6) is 0 Å². The van der Waals surface area contributed by atoms with Gasteiger partial charge in [0.25, 0.3) is 0 Å². The fraction of sp³-hybridized carbons (Fsp3) is 0.588. The van der Waals surface area contributed by atoms with Gasteiger partial charge < -0.3 is 14.6 Å². The Morgan fingerprint density at radius 3 is 2.52 bits per heavy atom. The van der Waals surface area contributed by atoms with Crippen LogP contribution in [0.2, 0.25) is 0 Å². The zero-order valence-electron chi connectivity index (χ0n) is 13.4. The number of hydrogen-bond donors (Lipinski definition) is 0. The van der Waals surface area contributed by atoms with Crippen molar-refractivity contribution in [2.45, 2.75) is 46.5 Å². The average Bonchev–Trinajstić information content (AvgIpc) is 2.64. The van der Waals surface area contributed by atoms with Gasteiger partial charge >= 0.3 is 0 Å². The molecule has 3 aliphatic rings. The van der Waals surface area contributed by atoms with E-state index in [-0.39, 0.29) is 23.6 Å². The Kier molecular flexibility index (Phi) is 2.83. The molecule has 0 bridgehead atoms. The summed E-state index contributed by atoms with van der Waals surface area (Å²) in [5.41, 5.74) is 1.83. The van der Waals surface area contributed by atoms with E-state index in [0.29, 0.717) is 11.1 Å². The predicted molar refractivity (Wildman–Crippen MR) is 76.0 cm³/mol. The largest absolute Gasteiger partial charge is 0.872 e. The van der Waals surface area contributed by atoms with Crippen LogP contribution in [0.15, 0.2) is 34.1 Å². The maximum atomic E-state index is 12.7. The monoisotopic (exact) mass is 289 g/mol. The number of hydrogen-bond acceptors (Lipinski definition) is 4. The molecule has 0 unspecified atom stereocenters. The minimum absolute atomic E-state index is 0.0304. The number of allylic oxidation sites excluding steroid dienone is 2. The van der Waals surface area contributed by atoms with E-state index in [9.17, 15) is 9.90 Å². The van der Waals surface area contributed by atoms with Gasteiger partial charge in [-0.15, -0.1) is 0 Å². The van der Waals surface area contributed by atoms with Crippen LogP contribution in [0.1, 0.15) is 34.6 Å². The Morgan fingerprint density at radius 2 is 1.95 bits per heavy atom. The van der Waals surface area contributed by atoms with Gasteiger partial charge in [0.05, 0.1) is 11.5 Å². The Labute approximate surface area is 125 Å². The molecule has 3 rings (SSSR count). The van der Waals surface area contributed by atoms with Crippen LogP contribution >= 0.6 is 0 Å². The van der Waals surface area contributed by atoms with Gasteiger partial charge in [-0.3, -0.25) is 4.79 Å². The van der Waals surface area contributed by atoms with Crippen molar-refractivity contribution in [3.63, 3.8) is 0 Å². The maximum Gasteiger partial charge on any atom is 0.201 e. The van der Waals surface area contributed by atoms with Crippen LogP contribution in [-0.4, -0.2) is 24.8 Å². The van der Waals surface area contributed by atoms with Crippen molar-refractivity contribution in [1.29, 1.82) is 0 Å². The van der Waals surface area contributed by atoms with Crippen molar-refractivity contribution in [1.82, 2.24) is 0 Å². The average molecular weight is 289 g/mol. The number of methoxy groups -OCH3 is 1. The van der Waals surface area contributed by atoms with E-state index in [0.717, 1.165) is 11.1 Å². The first-order valence-corrected chi connectivity index (χ1v) is 7.28. The minimum atomic E-state index is -1.03. The molecule has 0 saturated carbocycles. The van der Waals surface area contributed by atoms with Crippen LogP contribution in [0.25, 0.3) is 0 Å². The van der Waals surface area contributed by atoms with Crippen LogP contribution in [-0.2, 0) is 14.3 Å². The first-order valence-electron chi connectivity index (χ1n) is 7.28. The summed E-state index contributed by atoms with van der Waals surface area (Å²) in [6, 6.07) is 0. The molecule has 0 N–H and O–H groups in total. The van der Waals surface area contributed by atoms with Gasteiger partial charge in [0, 0.05) is 18.6 Å². The van der Waals surface area contributed by atoms with E-state index < -0.39 is 11.2 Å². The van der Waals surface area contributed by atoms with Gasteiger partial charge in [-0.1, -0.05) is 16.9 Å². The van der Waals surface area contributed by atoms with Gasteiger partial charge in [-0.05, 0) is 46.3 Å². The molecule has 0 aromatic heterocycles. The second kappa shape index (κ2) is 4.08. The number of ether oxygens (including phenoxy) is 2. The minimum Gasteiger partial charge on any atom is -0.872 e. The summed E-state index contributed by atoms with van der Waals surface area (Å²) in [7, 11) is 1.59. The summed E-state index contributed by atoms with van der Waals surface area (Å²) in [6.45, 7) is 9.45. The van der Waals surface area contributed by atoms with Crippen molar-refractivity contribution in [3.05, 3.63) is 34.1 Å². The van der Waals surface area contributed by atoms with Gasteiger partial charge in [0.2, 0.25) is 5.79 Å². The van der Waals surface area contributed by atoms with E-state index >= 15 is 0 Å². The number of carbonyl (C=O) groups excluding carboxylic acids is 1. The molecule has 1 aliphatic heterocycles. The van der Waals surface area contributed by atoms with Gasteiger partial charge in [-0.2, -0.15) is 0 Å². The van der Waals surface area contributed by atoms with Gasteiger partial charge in [0.1, 0.15) is 0 Å². The fourth-order valence-corrected chi connectivity index (χ4v) is 4.74. The third kappa shape index (κ3) is 1.35. The third-order valence-electron chi connectivity index (χ3n) is 5.65. The molecule has 114 valence electrons. The highest BCUT2D eigenvalue weighted by molar-refractivity contribution is 6.08. The highest BCUT2D eigenvalue weighted by Crippen LogP contribution is 2.64. The summed E-state index contributed by atoms with van der Waals surface area (Å²) in [4.78, 5) is 12.5. The first kappa shape index (κ1) is 14.5. The van der Waals surface area contributed by atoms with E-state index in [1.165, 1.54) is 0 Å². The SMILES string of the molecule is CO[C@@]12O[C@H](C)[C@H]3C(C)=CC(=O)C(=C([O-])C(C)=C1C)[C@]32C. The molecule has 4 atom stereocenters. The summed E-state index contributed by atoms with van der Waals surface area (Å²) >= 11 is 0. The lowest BCUT2D eigenvalue weighted by molar-refractivity contribution is -0.306. The standard InChI is InChI=1S/C17H22O4/c1-8-7-12(18)14-15(19)9(2)10(3)17(20-6)16(14,5)13(8)11(4)21-17/h7,11,13,19H,1-6H3/p-1/t11-,13-,16+,17-/m1/s1. The molecule has 2 aliphatic carbocycles. The molecular weight excluding hydrogens is 268 g/mol. The zero-order valence-corrected chi connectivity index (χ0v) is 13.4. The number of carbonyl (C=O) groups is 1. The topological polar surface area (TPSA) is 58.6 Å². The lowest BCUT2D eigenvalue weighted by atomic mass is 9.56. The van der Waals surface area contributed by atoms with Crippen LogP contribution in [0, 0.1) is 11.3 Å². The van der Waals surface area contributed by atoms with Crippen LogP contribution in [0.4, 0.5) is 0 Å². The predicted octanol–water partition coefficient (Wildman–Crippen LogP) is 1.86. The molecule has 1 fully saturated rings. The van der Waals surface area contributed by atoms with Crippen molar-refractivity contribution in [3.8, 4) is 0 Å². The van der Waals surface area contributed by atoms with Crippen molar-refractivity contribution < 1.29 is 19.4 Å². The summed E-state index contributed by atoms with van der Waals surface area (Å²) < 4.78 is 12.0. The Morgan fingerprint density at radius 1 is 1.33 bits per heavy atom. The molecule has 1 heterocycles. The van der Waals surface area contributed by atoms with E-state index in [4.69, 9.17) is 9.47 Å². The van der Waals surface area contributed by atoms with Gasteiger partial charge in [-0.25, -0.2) is 0 Å². The lowest BCUT2D eigenvalue weighted by Crippen LogP contribution is -2.56. The number of rotatable bonds is 1. The molecule has 4 heteroatoms. The molecule has 21 heavy (non-hydrogen) atoms. The zero-order chi connectivity index (χ0) is 15.7. The third-order valence-corrected chi connectivity index (χ3v) is 5.65. The molecule has 4 nitrogen and oxygen atoms in total. The maximum absolute atomic E-state index is 12.7. The van der Waals surface area contributed by atoms with E-state index in [2.05, 4.69) is 0 Å². The second-order valence-electron chi connectivity index (χ2n) is 6.53. The quantitative estimate of drug-likeness (QED) is 0.739. The molecule has 1 saturated heterocycles. The highest BCUT2D eigenvalue weighted by atomic mass is 16.7. The number of ketones is 1. The lowest BCUT2D eigenvalue weighted by Gasteiger charge is -2.52. The summed E-state index contributed by atoms with van der Waals surface area (Å²) in [5, 5.41) is 12.7. The second-order valence-corrected chi connectivity index (χ2v) is 6.53. The summed E-state index contributed by atoms with van der Waals surface area (Å²) in [5.74, 6) is -1.44. The Bertz CT molecular complexity index is 639. The summed E-state index contributed by atoms with van der Waals surface area (Å²) in [6.07, 6.45) is 1.46. The van der Waals surface area contributed by atoms with E-state index in [1.54, 1.807) is 20.1 Å². The van der Waals surface area contributed by atoms with Crippen molar-refractivity contribution in [2.24, 2.45) is 11.3 Å². The smallest absolute Gasteiger partial charge is 0.201 e.